The highest BCUT2D eigenvalue weighted by molar-refractivity contribution is 7.92. The summed E-state index contributed by atoms with van der Waals surface area (Å²) in [6.45, 7) is 3.81. The molecule has 5 nitrogen and oxygen atoms in total. The van der Waals surface area contributed by atoms with E-state index >= 15 is 0 Å². The number of aromatic amines is 1. The lowest BCUT2D eigenvalue weighted by molar-refractivity contribution is 0.601. The minimum atomic E-state index is -3.55. The third-order valence-corrected chi connectivity index (χ3v) is 3.96. The molecular formula is C11H13N3O2S. The Balaban J connectivity index is 2.37. The maximum absolute atomic E-state index is 12.0. The van der Waals surface area contributed by atoms with Crippen LogP contribution in [0.15, 0.2) is 35.5 Å². The highest BCUT2D eigenvalue weighted by Gasteiger charge is 2.16. The molecular weight excluding hydrogens is 238 g/mol. The molecule has 0 fully saturated rings. The fraction of sp³-hybridized carbons (Fsp3) is 0.182. The molecule has 2 N–H and O–H groups in total. The summed E-state index contributed by atoms with van der Waals surface area (Å²) in [4.78, 5) is 0.124. The van der Waals surface area contributed by atoms with Crippen molar-refractivity contribution >= 4 is 15.7 Å². The molecule has 0 atom stereocenters. The number of H-pyrrole nitrogens is 1. The topological polar surface area (TPSA) is 74.8 Å². The molecule has 0 unspecified atom stereocenters. The van der Waals surface area contributed by atoms with E-state index in [-0.39, 0.29) is 4.90 Å². The molecule has 1 heterocycles. The molecule has 1 aromatic heterocycles. The van der Waals surface area contributed by atoms with Crippen molar-refractivity contribution in [1.82, 2.24) is 10.2 Å². The van der Waals surface area contributed by atoms with Crippen LogP contribution in [0.4, 0.5) is 5.69 Å². The van der Waals surface area contributed by atoms with Crippen LogP contribution in [0.3, 0.4) is 0 Å². The molecule has 17 heavy (non-hydrogen) atoms. The SMILES string of the molecule is Cc1cccc(NS(=O)(=O)c2cn[nH]c2)c1C. The Kier molecular flexibility index (Phi) is 2.89. The van der Waals surface area contributed by atoms with Gasteiger partial charge in [-0.05, 0) is 31.0 Å². The average molecular weight is 251 g/mol. The van der Waals surface area contributed by atoms with Crippen LogP contribution in [0.2, 0.25) is 0 Å². The van der Waals surface area contributed by atoms with Crippen molar-refractivity contribution in [2.45, 2.75) is 18.7 Å². The summed E-state index contributed by atoms with van der Waals surface area (Å²) in [6.07, 6.45) is 2.61. The lowest BCUT2D eigenvalue weighted by Crippen LogP contribution is -2.13. The Labute approximate surface area is 99.9 Å². The Morgan fingerprint density at radius 3 is 2.71 bits per heavy atom. The van der Waals surface area contributed by atoms with E-state index in [2.05, 4.69) is 14.9 Å². The minimum absolute atomic E-state index is 0.124. The fourth-order valence-electron chi connectivity index (χ4n) is 1.45. The first-order valence-electron chi connectivity index (χ1n) is 5.08. The first-order chi connectivity index (χ1) is 8.00. The zero-order chi connectivity index (χ0) is 12.5. The van der Waals surface area contributed by atoms with E-state index in [4.69, 9.17) is 0 Å². The van der Waals surface area contributed by atoms with Crippen molar-refractivity contribution in [1.29, 1.82) is 0 Å². The predicted octanol–water partition coefficient (Wildman–Crippen LogP) is 1.83. The van der Waals surface area contributed by atoms with Gasteiger partial charge >= 0.3 is 0 Å². The Morgan fingerprint density at radius 2 is 2.06 bits per heavy atom. The van der Waals surface area contributed by atoms with E-state index in [1.807, 2.05) is 26.0 Å². The van der Waals surface area contributed by atoms with Crippen molar-refractivity contribution in [2.24, 2.45) is 0 Å². The van der Waals surface area contributed by atoms with E-state index in [1.54, 1.807) is 6.07 Å². The average Bonchev–Trinajstić information content (AvgIpc) is 2.78. The first-order valence-corrected chi connectivity index (χ1v) is 6.57. The third-order valence-electron chi connectivity index (χ3n) is 2.63. The molecule has 1 aromatic carbocycles. The first kappa shape index (κ1) is 11.7. The predicted molar refractivity (Wildman–Crippen MR) is 65.3 cm³/mol. The second kappa shape index (κ2) is 4.21. The van der Waals surface area contributed by atoms with Gasteiger partial charge in [0.1, 0.15) is 4.90 Å². The Bertz CT molecular complexity index is 618. The second-order valence-corrected chi connectivity index (χ2v) is 5.47. The summed E-state index contributed by atoms with van der Waals surface area (Å²) in [5.74, 6) is 0. The normalized spacial score (nSPS) is 11.4. The molecule has 6 heteroatoms. The lowest BCUT2D eigenvalue weighted by Gasteiger charge is -2.10. The fourth-order valence-corrected chi connectivity index (χ4v) is 2.48. The van der Waals surface area contributed by atoms with Crippen molar-refractivity contribution in [3.8, 4) is 0 Å². The number of hydrogen-bond donors (Lipinski definition) is 2. The maximum atomic E-state index is 12.0. The molecule has 90 valence electrons. The van der Waals surface area contributed by atoms with Gasteiger partial charge in [0.15, 0.2) is 0 Å². The number of aromatic nitrogens is 2. The largest absolute Gasteiger partial charge is 0.284 e. The number of sulfonamides is 1. The molecule has 2 aromatic rings. The van der Waals surface area contributed by atoms with Crippen molar-refractivity contribution in [2.75, 3.05) is 4.72 Å². The highest BCUT2D eigenvalue weighted by atomic mass is 32.2. The zero-order valence-corrected chi connectivity index (χ0v) is 10.4. The molecule has 0 radical (unpaired) electrons. The molecule has 0 aliphatic heterocycles. The van der Waals surface area contributed by atoms with E-state index in [0.29, 0.717) is 5.69 Å². The smallest absolute Gasteiger partial charge is 0.265 e. The van der Waals surface area contributed by atoms with Crippen LogP contribution in [0.1, 0.15) is 11.1 Å². The number of hydrogen-bond acceptors (Lipinski definition) is 3. The van der Waals surface area contributed by atoms with Gasteiger partial charge in [0, 0.05) is 6.20 Å². The standard InChI is InChI=1S/C11H13N3O2S/c1-8-4-3-5-11(9(8)2)14-17(15,16)10-6-12-13-7-10/h3-7,14H,1-2H3,(H,12,13). The number of nitrogens with zero attached hydrogens (tertiary/aromatic N) is 1. The monoisotopic (exact) mass is 251 g/mol. The quantitative estimate of drug-likeness (QED) is 0.873. The van der Waals surface area contributed by atoms with Gasteiger partial charge in [-0.3, -0.25) is 9.82 Å². The van der Waals surface area contributed by atoms with Crippen LogP contribution in [0.25, 0.3) is 0 Å². The minimum Gasteiger partial charge on any atom is -0.284 e. The van der Waals surface area contributed by atoms with Crippen LogP contribution in [-0.4, -0.2) is 18.6 Å². The molecule has 0 aliphatic rings. The molecule has 0 saturated heterocycles. The van der Waals surface area contributed by atoms with Crippen LogP contribution < -0.4 is 4.72 Å². The number of rotatable bonds is 3. The summed E-state index contributed by atoms with van der Waals surface area (Å²) >= 11 is 0. The summed E-state index contributed by atoms with van der Waals surface area (Å²) in [5.41, 5.74) is 2.54. The zero-order valence-electron chi connectivity index (χ0n) is 9.56. The summed E-state index contributed by atoms with van der Waals surface area (Å²) in [6, 6.07) is 5.49. The van der Waals surface area contributed by atoms with Gasteiger partial charge in [0.05, 0.1) is 11.9 Å². The Morgan fingerprint density at radius 1 is 1.29 bits per heavy atom. The summed E-state index contributed by atoms with van der Waals surface area (Å²) < 4.78 is 26.5. The van der Waals surface area contributed by atoms with Crippen LogP contribution >= 0.6 is 0 Å². The number of aryl methyl sites for hydroxylation is 1. The number of nitrogens with one attached hydrogen (secondary N) is 2. The Hall–Kier alpha value is -1.82. The molecule has 0 spiro atoms. The molecule has 0 aliphatic carbocycles. The van der Waals surface area contributed by atoms with Crippen molar-refractivity contribution < 1.29 is 8.42 Å². The maximum Gasteiger partial charge on any atom is 0.265 e. The van der Waals surface area contributed by atoms with Gasteiger partial charge in [-0.15, -0.1) is 0 Å². The van der Waals surface area contributed by atoms with Crippen LogP contribution in [-0.2, 0) is 10.0 Å². The van der Waals surface area contributed by atoms with Gasteiger partial charge in [-0.1, -0.05) is 12.1 Å². The summed E-state index contributed by atoms with van der Waals surface area (Å²) in [7, 11) is -3.55. The van der Waals surface area contributed by atoms with Gasteiger partial charge in [-0.2, -0.15) is 5.10 Å². The van der Waals surface area contributed by atoms with E-state index in [9.17, 15) is 8.42 Å². The highest BCUT2D eigenvalue weighted by Crippen LogP contribution is 2.21. The molecule has 0 saturated carbocycles. The van der Waals surface area contributed by atoms with E-state index in [1.165, 1.54) is 12.4 Å². The van der Waals surface area contributed by atoms with Crippen molar-refractivity contribution in [3.63, 3.8) is 0 Å². The van der Waals surface area contributed by atoms with Crippen molar-refractivity contribution in [3.05, 3.63) is 41.7 Å². The summed E-state index contributed by atoms with van der Waals surface area (Å²) in [5, 5.41) is 6.10. The number of benzene rings is 1. The van der Waals surface area contributed by atoms with Gasteiger partial charge in [0.2, 0.25) is 0 Å². The van der Waals surface area contributed by atoms with Gasteiger partial charge < -0.3 is 0 Å². The van der Waals surface area contributed by atoms with Crippen LogP contribution in [0, 0.1) is 13.8 Å². The molecule has 0 bridgehead atoms. The molecule has 2 rings (SSSR count). The van der Waals surface area contributed by atoms with Gasteiger partial charge in [0.25, 0.3) is 10.0 Å². The molecule has 0 amide bonds. The van der Waals surface area contributed by atoms with E-state index in [0.717, 1.165) is 11.1 Å². The second-order valence-electron chi connectivity index (χ2n) is 3.79. The van der Waals surface area contributed by atoms with Crippen LogP contribution in [0.5, 0.6) is 0 Å². The lowest BCUT2D eigenvalue weighted by atomic mass is 10.1. The van der Waals surface area contributed by atoms with Gasteiger partial charge in [-0.25, -0.2) is 8.42 Å². The third kappa shape index (κ3) is 2.31. The number of anilines is 1. The van der Waals surface area contributed by atoms with E-state index < -0.39 is 10.0 Å².